The maximum absolute atomic E-state index is 6.07. The Morgan fingerprint density at radius 1 is 1.40 bits per heavy atom. The van der Waals surface area contributed by atoms with Crippen molar-refractivity contribution < 1.29 is 9.47 Å². The lowest BCUT2D eigenvalue weighted by Gasteiger charge is -2.24. The van der Waals surface area contributed by atoms with Gasteiger partial charge in [0.15, 0.2) is 0 Å². The zero-order valence-corrected chi connectivity index (χ0v) is 11.6. The van der Waals surface area contributed by atoms with Crippen molar-refractivity contribution in [1.29, 1.82) is 0 Å². The van der Waals surface area contributed by atoms with E-state index in [1.807, 2.05) is 37.4 Å². The van der Waals surface area contributed by atoms with E-state index in [2.05, 4.69) is 5.10 Å². The van der Waals surface area contributed by atoms with Crippen LogP contribution in [-0.2, 0) is 11.8 Å². The van der Waals surface area contributed by atoms with E-state index in [1.54, 1.807) is 4.68 Å². The molecular weight excluding hydrogens is 254 g/mol. The van der Waals surface area contributed by atoms with E-state index in [0.717, 1.165) is 36.5 Å². The Hall–Kier alpha value is -2.01. The predicted molar refractivity (Wildman–Crippen MR) is 77.5 cm³/mol. The topological polar surface area (TPSA) is 62.3 Å². The summed E-state index contributed by atoms with van der Waals surface area (Å²) in [6, 6.07) is 9.77. The van der Waals surface area contributed by atoms with Crippen LogP contribution in [0.3, 0.4) is 0 Å². The normalized spacial score (nSPS) is 18.9. The van der Waals surface area contributed by atoms with Gasteiger partial charge in [-0.2, -0.15) is 5.10 Å². The van der Waals surface area contributed by atoms with Crippen LogP contribution in [0.5, 0.6) is 5.75 Å². The molecule has 2 heterocycles. The molecule has 1 atom stereocenters. The first kappa shape index (κ1) is 13.0. The zero-order chi connectivity index (χ0) is 13.9. The number of aromatic nitrogens is 2. The van der Waals surface area contributed by atoms with Gasteiger partial charge in [0.1, 0.15) is 17.7 Å². The summed E-state index contributed by atoms with van der Waals surface area (Å²) in [6.07, 6.45) is 2.19. The summed E-state index contributed by atoms with van der Waals surface area (Å²) < 4.78 is 13.2. The lowest BCUT2D eigenvalue weighted by Crippen LogP contribution is -2.28. The second-order valence-corrected chi connectivity index (χ2v) is 5.03. The van der Waals surface area contributed by atoms with Crippen LogP contribution in [0, 0.1) is 0 Å². The molecule has 5 nitrogen and oxygen atoms in total. The van der Waals surface area contributed by atoms with Gasteiger partial charge in [0.25, 0.3) is 0 Å². The standard InChI is InChI=1S/C15H19N3O2/c1-18-15(16)9-13(17-18)12-6-2-3-7-14(12)20-11-5-4-8-19-10-11/h2-3,6-7,9,11H,4-5,8,10,16H2,1H3. The molecule has 0 spiro atoms. The Labute approximate surface area is 118 Å². The van der Waals surface area contributed by atoms with Crippen molar-refractivity contribution in [2.75, 3.05) is 18.9 Å². The molecule has 1 aromatic heterocycles. The summed E-state index contributed by atoms with van der Waals surface area (Å²) in [7, 11) is 1.83. The Kier molecular flexibility index (Phi) is 3.60. The SMILES string of the molecule is Cn1nc(-c2ccccc2OC2CCCOC2)cc1N. The first-order valence-electron chi connectivity index (χ1n) is 6.87. The highest BCUT2D eigenvalue weighted by molar-refractivity contribution is 5.69. The number of rotatable bonds is 3. The average Bonchev–Trinajstić information content (AvgIpc) is 2.80. The van der Waals surface area contributed by atoms with Crippen LogP contribution in [0.1, 0.15) is 12.8 Å². The van der Waals surface area contributed by atoms with E-state index in [-0.39, 0.29) is 6.10 Å². The number of anilines is 1. The van der Waals surface area contributed by atoms with Crippen molar-refractivity contribution in [3.8, 4) is 17.0 Å². The van der Waals surface area contributed by atoms with Crippen LogP contribution < -0.4 is 10.5 Å². The molecule has 2 N–H and O–H groups in total. The summed E-state index contributed by atoms with van der Waals surface area (Å²) in [5, 5.41) is 4.41. The van der Waals surface area contributed by atoms with Crippen LogP contribution in [0.2, 0.25) is 0 Å². The molecule has 5 heteroatoms. The van der Waals surface area contributed by atoms with Crippen LogP contribution >= 0.6 is 0 Å². The minimum absolute atomic E-state index is 0.117. The molecule has 1 fully saturated rings. The molecule has 1 unspecified atom stereocenters. The highest BCUT2D eigenvalue weighted by atomic mass is 16.5. The fourth-order valence-corrected chi connectivity index (χ4v) is 2.38. The molecule has 3 rings (SSSR count). The van der Waals surface area contributed by atoms with Gasteiger partial charge in [0.05, 0.1) is 12.3 Å². The third-order valence-corrected chi connectivity index (χ3v) is 3.49. The lowest BCUT2D eigenvalue weighted by atomic mass is 10.1. The second kappa shape index (κ2) is 5.54. The fourth-order valence-electron chi connectivity index (χ4n) is 2.38. The smallest absolute Gasteiger partial charge is 0.129 e. The van der Waals surface area contributed by atoms with Crippen molar-refractivity contribution in [2.45, 2.75) is 18.9 Å². The van der Waals surface area contributed by atoms with Gasteiger partial charge in [-0.25, -0.2) is 0 Å². The second-order valence-electron chi connectivity index (χ2n) is 5.03. The number of ether oxygens (including phenoxy) is 2. The summed E-state index contributed by atoms with van der Waals surface area (Å²) in [5.41, 5.74) is 7.65. The molecule has 1 aliphatic rings. The van der Waals surface area contributed by atoms with E-state index in [0.29, 0.717) is 12.4 Å². The molecule has 1 aromatic carbocycles. The third-order valence-electron chi connectivity index (χ3n) is 3.49. The van der Waals surface area contributed by atoms with Crippen LogP contribution in [-0.4, -0.2) is 29.1 Å². The van der Waals surface area contributed by atoms with E-state index in [1.165, 1.54) is 0 Å². The van der Waals surface area contributed by atoms with Crippen molar-refractivity contribution in [3.05, 3.63) is 30.3 Å². The van der Waals surface area contributed by atoms with Gasteiger partial charge in [-0.15, -0.1) is 0 Å². The number of para-hydroxylation sites is 1. The quantitative estimate of drug-likeness (QED) is 0.931. The first-order chi connectivity index (χ1) is 9.74. The van der Waals surface area contributed by atoms with Crippen LogP contribution in [0.4, 0.5) is 5.82 Å². The Bertz CT molecular complexity index is 569. The number of hydrogen-bond donors (Lipinski definition) is 1. The first-order valence-corrected chi connectivity index (χ1v) is 6.87. The van der Waals surface area contributed by atoms with Gasteiger partial charge in [-0.3, -0.25) is 4.68 Å². The fraction of sp³-hybridized carbons (Fsp3) is 0.400. The van der Waals surface area contributed by atoms with Gasteiger partial charge in [0.2, 0.25) is 0 Å². The number of hydrogen-bond acceptors (Lipinski definition) is 4. The Morgan fingerprint density at radius 3 is 2.95 bits per heavy atom. The summed E-state index contributed by atoms with van der Waals surface area (Å²) in [4.78, 5) is 0. The number of nitrogens with zero attached hydrogens (tertiary/aromatic N) is 2. The highest BCUT2D eigenvalue weighted by Crippen LogP contribution is 2.31. The maximum Gasteiger partial charge on any atom is 0.129 e. The average molecular weight is 273 g/mol. The number of aryl methyl sites for hydroxylation is 1. The molecule has 0 saturated carbocycles. The Morgan fingerprint density at radius 2 is 2.25 bits per heavy atom. The maximum atomic E-state index is 6.07. The van der Waals surface area contributed by atoms with E-state index >= 15 is 0 Å². The summed E-state index contributed by atoms with van der Waals surface area (Å²) in [6.45, 7) is 1.48. The lowest BCUT2D eigenvalue weighted by molar-refractivity contribution is 0.00767. The highest BCUT2D eigenvalue weighted by Gasteiger charge is 2.18. The molecule has 106 valence electrons. The van der Waals surface area contributed by atoms with Gasteiger partial charge in [-0.05, 0) is 25.0 Å². The van der Waals surface area contributed by atoms with Crippen molar-refractivity contribution in [2.24, 2.45) is 7.05 Å². The van der Waals surface area contributed by atoms with E-state index in [4.69, 9.17) is 15.2 Å². The Balaban J connectivity index is 1.87. The molecule has 0 aliphatic carbocycles. The minimum Gasteiger partial charge on any atom is -0.487 e. The zero-order valence-electron chi connectivity index (χ0n) is 11.6. The third kappa shape index (κ3) is 2.63. The van der Waals surface area contributed by atoms with Gasteiger partial charge in [0, 0.05) is 25.3 Å². The van der Waals surface area contributed by atoms with Crippen molar-refractivity contribution in [3.63, 3.8) is 0 Å². The molecule has 20 heavy (non-hydrogen) atoms. The van der Waals surface area contributed by atoms with Gasteiger partial charge >= 0.3 is 0 Å². The number of nitrogens with two attached hydrogens (primary N) is 1. The molecule has 2 aromatic rings. The van der Waals surface area contributed by atoms with Crippen molar-refractivity contribution in [1.82, 2.24) is 9.78 Å². The number of nitrogen functional groups attached to an aromatic ring is 1. The minimum atomic E-state index is 0.117. The molecule has 0 bridgehead atoms. The van der Waals surface area contributed by atoms with Gasteiger partial charge < -0.3 is 15.2 Å². The van der Waals surface area contributed by atoms with E-state index < -0.39 is 0 Å². The van der Waals surface area contributed by atoms with Crippen molar-refractivity contribution >= 4 is 5.82 Å². The summed E-state index contributed by atoms with van der Waals surface area (Å²) in [5.74, 6) is 1.47. The van der Waals surface area contributed by atoms with Crippen LogP contribution in [0.15, 0.2) is 30.3 Å². The van der Waals surface area contributed by atoms with E-state index in [9.17, 15) is 0 Å². The van der Waals surface area contributed by atoms with Crippen LogP contribution in [0.25, 0.3) is 11.3 Å². The molecule has 0 amide bonds. The molecule has 0 radical (unpaired) electrons. The monoisotopic (exact) mass is 273 g/mol. The summed E-state index contributed by atoms with van der Waals surface area (Å²) >= 11 is 0. The molecule has 1 saturated heterocycles. The van der Waals surface area contributed by atoms with Gasteiger partial charge in [-0.1, -0.05) is 12.1 Å². The largest absolute Gasteiger partial charge is 0.487 e. The number of benzene rings is 1. The predicted octanol–water partition coefficient (Wildman–Crippen LogP) is 2.23. The molecule has 1 aliphatic heterocycles. The molecular formula is C15H19N3O2.